The fraction of sp³-hybridized carbons (Fsp3) is 0.237. The fourth-order valence-corrected chi connectivity index (χ4v) is 5.53. The molecule has 1 amide bonds. The first-order valence-corrected chi connectivity index (χ1v) is 16.6. The number of nitrogens with one attached hydrogen (secondary N) is 1. The molecule has 0 aromatic heterocycles. The number of carbonyl (C=O) groups is 5. The van der Waals surface area contributed by atoms with E-state index in [1.807, 2.05) is 60.7 Å². The Morgan fingerprint density at radius 2 is 1.16 bits per heavy atom. The third-order valence-electron chi connectivity index (χ3n) is 7.85. The molecule has 51 heavy (non-hydrogen) atoms. The summed E-state index contributed by atoms with van der Waals surface area (Å²) in [4.78, 5) is 64.9. The number of amides is 1. The first-order valence-electron chi connectivity index (χ1n) is 16.1. The van der Waals surface area contributed by atoms with Gasteiger partial charge in [-0.1, -0.05) is 72.8 Å². The van der Waals surface area contributed by atoms with Gasteiger partial charge in [0.05, 0.1) is 11.1 Å². The number of alkyl halides is 1. The molecule has 5 N–H and O–H groups in total. The van der Waals surface area contributed by atoms with Crippen molar-refractivity contribution >= 4 is 46.7 Å². The van der Waals surface area contributed by atoms with E-state index < -0.39 is 41.5 Å². The Labute approximate surface area is 299 Å². The van der Waals surface area contributed by atoms with Gasteiger partial charge >= 0.3 is 11.9 Å². The number of halogens is 1. The molecule has 0 unspecified atom stereocenters. The molecule has 4 aromatic carbocycles. The molecule has 0 radical (unpaired) electrons. The summed E-state index contributed by atoms with van der Waals surface area (Å²) in [6, 6.07) is 24.0. The topological polar surface area (TPSA) is 186 Å². The van der Waals surface area contributed by atoms with Crippen molar-refractivity contribution in [1.29, 1.82) is 0 Å². The molecule has 12 nitrogen and oxygen atoms in total. The zero-order valence-corrected chi connectivity index (χ0v) is 28.2. The lowest BCUT2D eigenvalue weighted by Crippen LogP contribution is -2.35. The standard InChI is InChI=1S/C38H36ClN3O9/c39-22-32(43)42-25-20-27-34(31(21-25)49-15-17-51-38(47)29(41)19-24-10-5-2-6-11-24)36(45)33-26(35(27)44)12-7-13-30(33)48-14-16-50-37(46)28(40)18-23-8-3-1-4-9-23/h1-13,20-21,28-29H,14-19,22,40-41H2,(H,42,43)/t28-,29-/m0/s1. The van der Waals surface area contributed by atoms with Gasteiger partial charge in [-0.15, -0.1) is 11.6 Å². The van der Waals surface area contributed by atoms with Crippen LogP contribution in [0.4, 0.5) is 5.69 Å². The van der Waals surface area contributed by atoms with E-state index in [-0.39, 0.29) is 78.2 Å². The molecule has 0 aliphatic heterocycles. The van der Waals surface area contributed by atoms with Crippen molar-refractivity contribution in [1.82, 2.24) is 0 Å². The van der Waals surface area contributed by atoms with Crippen LogP contribution in [0.1, 0.15) is 43.0 Å². The lowest BCUT2D eigenvalue weighted by atomic mass is 9.82. The van der Waals surface area contributed by atoms with E-state index in [0.29, 0.717) is 6.42 Å². The van der Waals surface area contributed by atoms with Crippen molar-refractivity contribution in [2.45, 2.75) is 24.9 Å². The number of fused-ring (bicyclic) bond motifs is 2. The summed E-state index contributed by atoms with van der Waals surface area (Å²) in [7, 11) is 0. The Kier molecular flexibility index (Phi) is 12.5. The van der Waals surface area contributed by atoms with Crippen LogP contribution in [0.15, 0.2) is 91.0 Å². The second-order valence-electron chi connectivity index (χ2n) is 11.5. The van der Waals surface area contributed by atoms with E-state index in [1.165, 1.54) is 24.3 Å². The number of hydrogen-bond donors (Lipinski definition) is 3. The van der Waals surface area contributed by atoms with Crippen LogP contribution >= 0.6 is 11.6 Å². The number of carbonyl (C=O) groups excluding carboxylic acids is 5. The highest BCUT2D eigenvalue weighted by atomic mass is 35.5. The van der Waals surface area contributed by atoms with Crippen molar-refractivity contribution in [2.24, 2.45) is 11.5 Å². The highest BCUT2D eigenvalue weighted by molar-refractivity contribution is 6.31. The second-order valence-corrected chi connectivity index (χ2v) is 11.8. The molecule has 0 heterocycles. The average Bonchev–Trinajstić information content (AvgIpc) is 3.14. The Morgan fingerprint density at radius 3 is 1.71 bits per heavy atom. The fourth-order valence-electron chi connectivity index (χ4n) is 5.46. The highest BCUT2D eigenvalue weighted by Gasteiger charge is 2.36. The summed E-state index contributed by atoms with van der Waals surface area (Å²) in [5, 5.41) is 2.57. The summed E-state index contributed by atoms with van der Waals surface area (Å²) in [5.74, 6) is -3.19. The maximum atomic E-state index is 14.1. The van der Waals surface area contributed by atoms with Crippen LogP contribution in [-0.4, -0.2) is 73.8 Å². The average molecular weight is 714 g/mol. The van der Waals surface area contributed by atoms with Crippen molar-refractivity contribution < 1.29 is 42.9 Å². The molecule has 4 aromatic rings. The van der Waals surface area contributed by atoms with Gasteiger partial charge in [0.25, 0.3) is 0 Å². The summed E-state index contributed by atoms with van der Waals surface area (Å²) in [6.45, 7) is -0.697. The van der Waals surface area contributed by atoms with E-state index in [1.54, 1.807) is 6.07 Å². The normalized spacial score (nSPS) is 12.9. The third kappa shape index (κ3) is 9.37. The predicted molar refractivity (Wildman–Crippen MR) is 188 cm³/mol. The molecule has 5 rings (SSSR count). The smallest absolute Gasteiger partial charge is 0.323 e. The van der Waals surface area contributed by atoms with Crippen LogP contribution in [0.3, 0.4) is 0 Å². The Morgan fingerprint density at radius 1 is 0.627 bits per heavy atom. The Hall–Kier alpha value is -5.56. The molecule has 0 fully saturated rings. The van der Waals surface area contributed by atoms with Crippen LogP contribution in [0, 0.1) is 0 Å². The number of benzene rings is 4. The monoisotopic (exact) mass is 713 g/mol. The van der Waals surface area contributed by atoms with Gasteiger partial charge in [-0.25, -0.2) is 0 Å². The van der Waals surface area contributed by atoms with E-state index in [0.717, 1.165) is 11.1 Å². The predicted octanol–water partition coefficient (Wildman–Crippen LogP) is 3.62. The maximum absolute atomic E-state index is 14.1. The number of nitrogens with two attached hydrogens (primary N) is 2. The van der Waals surface area contributed by atoms with Crippen LogP contribution < -0.4 is 26.3 Å². The SMILES string of the molecule is N[C@@H](Cc1ccccc1)C(=O)OCCOc1cccc2c1C(=O)c1c(OCCOC(=O)[C@@H](N)Cc3ccccc3)cc(NC(=O)CCl)cc1C2=O. The summed E-state index contributed by atoms with van der Waals surface area (Å²) in [5.41, 5.74) is 13.9. The lowest BCUT2D eigenvalue weighted by molar-refractivity contribution is -0.146. The molecule has 0 saturated heterocycles. The van der Waals surface area contributed by atoms with Gasteiger partial charge in [0.15, 0.2) is 5.78 Å². The molecular formula is C38H36ClN3O9. The minimum absolute atomic E-state index is 0.0113. The zero-order valence-electron chi connectivity index (χ0n) is 27.5. The van der Waals surface area contributed by atoms with Gasteiger partial charge < -0.3 is 35.7 Å². The molecule has 2 atom stereocenters. The Balaban J connectivity index is 1.27. The third-order valence-corrected chi connectivity index (χ3v) is 8.09. The lowest BCUT2D eigenvalue weighted by Gasteiger charge is -2.23. The van der Waals surface area contributed by atoms with Crippen molar-refractivity contribution in [3.05, 3.63) is 124 Å². The first kappa shape index (κ1) is 36.7. The zero-order chi connectivity index (χ0) is 36.3. The van der Waals surface area contributed by atoms with Gasteiger partial charge in [-0.3, -0.25) is 24.0 Å². The molecule has 1 aliphatic rings. The molecule has 0 saturated carbocycles. The first-order chi connectivity index (χ1) is 24.7. The summed E-state index contributed by atoms with van der Waals surface area (Å²) < 4.78 is 22.3. The number of hydrogen-bond acceptors (Lipinski definition) is 11. The molecule has 13 heteroatoms. The summed E-state index contributed by atoms with van der Waals surface area (Å²) >= 11 is 5.68. The molecule has 1 aliphatic carbocycles. The molecule has 264 valence electrons. The highest BCUT2D eigenvalue weighted by Crippen LogP contribution is 2.39. The van der Waals surface area contributed by atoms with Crippen LogP contribution in [-0.2, 0) is 36.7 Å². The van der Waals surface area contributed by atoms with Crippen molar-refractivity contribution in [3.8, 4) is 11.5 Å². The molecular weight excluding hydrogens is 678 g/mol. The summed E-state index contributed by atoms with van der Waals surface area (Å²) in [6.07, 6.45) is 0.579. The number of rotatable bonds is 16. The number of ether oxygens (including phenoxy) is 4. The van der Waals surface area contributed by atoms with Gasteiger partial charge in [0, 0.05) is 22.9 Å². The number of esters is 2. The number of ketones is 2. The van der Waals surface area contributed by atoms with E-state index in [4.69, 9.17) is 42.0 Å². The van der Waals surface area contributed by atoms with E-state index in [9.17, 15) is 24.0 Å². The quantitative estimate of drug-likeness (QED) is 0.0770. The van der Waals surface area contributed by atoms with Crippen LogP contribution in [0.25, 0.3) is 0 Å². The van der Waals surface area contributed by atoms with Crippen molar-refractivity contribution in [2.75, 3.05) is 37.6 Å². The van der Waals surface area contributed by atoms with Crippen molar-refractivity contribution in [3.63, 3.8) is 0 Å². The van der Waals surface area contributed by atoms with Gasteiger partial charge in [-0.2, -0.15) is 0 Å². The Bertz CT molecular complexity index is 1900. The minimum Gasteiger partial charge on any atom is -0.489 e. The van der Waals surface area contributed by atoms with Gasteiger partial charge in [-0.05, 0) is 36.1 Å². The minimum atomic E-state index is -0.905. The molecule has 0 spiro atoms. The second kappa shape index (κ2) is 17.4. The molecule has 0 bridgehead atoms. The van der Waals surface area contributed by atoms with E-state index >= 15 is 0 Å². The van der Waals surface area contributed by atoms with Crippen LogP contribution in [0.2, 0.25) is 0 Å². The van der Waals surface area contributed by atoms with Crippen LogP contribution in [0.5, 0.6) is 11.5 Å². The van der Waals surface area contributed by atoms with E-state index in [2.05, 4.69) is 5.32 Å². The van der Waals surface area contributed by atoms with Gasteiger partial charge in [0.2, 0.25) is 11.7 Å². The van der Waals surface area contributed by atoms with Gasteiger partial charge in [0.1, 0.15) is 55.9 Å². The number of anilines is 1. The maximum Gasteiger partial charge on any atom is 0.323 e. The largest absolute Gasteiger partial charge is 0.489 e.